The van der Waals surface area contributed by atoms with E-state index in [4.69, 9.17) is 4.74 Å². The molecule has 0 aromatic heterocycles. The van der Waals surface area contributed by atoms with Crippen molar-refractivity contribution >= 4 is 11.8 Å². The SMILES string of the molecule is COc1ccc([C@@H]2NN(Cc3ccccc3)[C@@H]3C(=O)N(C)C(=O)[C@H]32)cc1. The lowest BCUT2D eigenvalue weighted by molar-refractivity contribution is -0.139. The Balaban J connectivity index is 1.67. The number of likely N-dealkylation sites (N-methyl/N-ethyl adjacent to an activating group) is 1. The number of nitrogens with zero attached hydrogens (tertiary/aromatic N) is 2. The smallest absolute Gasteiger partial charge is 0.248 e. The second-order valence-electron chi connectivity index (χ2n) is 6.70. The standard InChI is InChI=1S/C20H21N3O3/c1-22-19(24)16-17(14-8-10-15(26-2)11-9-14)21-23(18(16)20(22)25)12-13-6-4-3-5-7-13/h3-11,16-18,21H,12H2,1-2H3/t16-,17-,18-/m0/s1. The second kappa shape index (κ2) is 6.55. The van der Waals surface area contributed by atoms with Crippen molar-refractivity contribution in [3.05, 3.63) is 65.7 Å². The molecule has 0 spiro atoms. The summed E-state index contributed by atoms with van der Waals surface area (Å²) >= 11 is 0. The van der Waals surface area contributed by atoms with Crippen LogP contribution >= 0.6 is 0 Å². The normalized spacial score (nSPS) is 25.6. The van der Waals surface area contributed by atoms with E-state index in [0.29, 0.717) is 6.54 Å². The molecule has 1 N–H and O–H groups in total. The highest BCUT2D eigenvalue weighted by Gasteiger charge is 2.57. The van der Waals surface area contributed by atoms with Crippen LogP contribution in [0.25, 0.3) is 0 Å². The summed E-state index contributed by atoms with van der Waals surface area (Å²) in [5.41, 5.74) is 5.45. The average molecular weight is 351 g/mol. The van der Waals surface area contributed by atoms with Crippen LogP contribution in [0.4, 0.5) is 0 Å². The van der Waals surface area contributed by atoms with Crippen molar-refractivity contribution in [1.29, 1.82) is 0 Å². The number of benzene rings is 2. The number of ether oxygens (including phenoxy) is 1. The molecule has 134 valence electrons. The summed E-state index contributed by atoms with van der Waals surface area (Å²) in [6.07, 6.45) is 0. The number of hydrogen-bond donors (Lipinski definition) is 1. The van der Waals surface area contributed by atoms with E-state index in [0.717, 1.165) is 16.9 Å². The maximum Gasteiger partial charge on any atom is 0.248 e. The molecule has 6 heteroatoms. The van der Waals surface area contributed by atoms with Crippen molar-refractivity contribution in [3.8, 4) is 5.75 Å². The Morgan fingerprint density at radius 3 is 2.35 bits per heavy atom. The number of carbonyl (C=O) groups is 2. The molecule has 0 saturated carbocycles. The van der Waals surface area contributed by atoms with E-state index in [9.17, 15) is 9.59 Å². The zero-order chi connectivity index (χ0) is 18.3. The first-order valence-electron chi connectivity index (χ1n) is 8.62. The molecule has 6 nitrogen and oxygen atoms in total. The van der Waals surface area contributed by atoms with Crippen LogP contribution in [0, 0.1) is 5.92 Å². The fourth-order valence-electron chi connectivity index (χ4n) is 3.83. The minimum atomic E-state index is -0.486. The van der Waals surface area contributed by atoms with E-state index in [-0.39, 0.29) is 17.9 Å². The molecule has 2 amide bonds. The number of likely N-dealkylation sites (tertiary alicyclic amines) is 1. The van der Waals surface area contributed by atoms with Gasteiger partial charge < -0.3 is 4.74 Å². The van der Waals surface area contributed by atoms with Crippen LogP contribution in [0.15, 0.2) is 54.6 Å². The number of hydrogen-bond acceptors (Lipinski definition) is 5. The van der Waals surface area contributed by atoms with Crippen LogP contribution in [-0.2, 0) is 16.1 Å². The number of amides is 2. The molecular formula is C20H21N3O3. The molecule has 3 atom stereocenters. The fourth-order valence-corrected chi connectivity index (χ4v) is 3.83. The summed E-state index contributed by atoms with van der Waals surface area (Å²) in [4.78, 5) is 26.6. The third-order valence-electron chi connectivity index (χ3n) is 5.21. The Morgan fingerprint density at radius 2 is 1.69 bits per heavy atom. The lowest BCUT2D eigenvalue weighted by Gasteiger charge is -2.23. The summed E-state index contributed by atoms with van der Waals surface area (Å²) in [7, 11) is 3.18. The number of methoxy groups -OCH3 is 1. The maximum absolute atomic E-state index is 12.7. The van der Waals surface area contributed by atoms with E-state index >= 15 is 0 Å². The van der Waals surface area contributed by atoms with Gasteiger partial charge in [-0.2, -0.15) is 0 Å². The Bertz CT molecular complexity index is 822. The van der Waals surface area contributed by atoms with Gasteiger partial charge in [-0.25, -0.2) is 10.4 Å². The molecule has 0 bridgehead atoms. The van der Waals surface area contributed by atoms with Crippen molar-refractivity contribution in [2.75, 3.05) is 14.2 Å². The third-order valence-corrected chi connectivity index (χ3v) is 5.21. The minimum Gasteiger partial charge on any atom is -0.497 e. The van der Waals surface area contributed by atoms with Gasteiger partial charge in [0.05, 0.1) is 19.1 Å². The first-order chi connectivity index (χ1) is 12.6. The second-order valence-corrected chi connectivity index (χ2v) is 6.70. The van der Waals surface area contributed by atoms with Gasteiger partial charge in [0.25, 0.3) is 0 Å². The lowest BCUT2D eigenvalue weighted by atomic mass is 9.91. The molecule has 2 aliphatic rings. The summed E-state index contributed by atoms with van der Waals surface area (Å²) in [5.74, 6) is 0.0447. The number of hydrazine groups is 1. The summed E-state index contributed by atoms with van der Waals surface area (Å²) in [5, 5.41) is 1.90. The number of carbonyl (C=O) groups excluding carboxylic acids is 2. The number of rotatable bonds is 4. The van der Waals surface area contributed by atoms with Crippen molar-refractivity contribution < 1.29 is 14.3 Å². The van der Waals surface area contributed by atoms with Crippen molar-refractivity contribution in [2.45, 2.75) is 18.6 Å². The summed E-state index contributed by atoms with van der Waals surface area (Å²) in [6, 6.07) is 16.8. The molecule has 2 aromatic rings. The molecular weight excluding hydrogens is 330 g/mol. The van der Waals surface area contributed by atoms with Crippen LogP contribution in [-0.4, -0.2) is 41.9 Å². The molecule has 0 aliphatic carbocycles. The number of nitrogens with one attached hydrogen (secondary N) is 1. The Hall–Kier alpha value is -2.70. The van der Waals surface area contributed by atoms with Crippen molar-refractivity contribution in [2.24, 2.45) is 5.92 Å². The van der Waals surface area contributed by atoms with E-state index in [2.05, 4.69) is 5.43 Å². The van der Waals surface area contributed by atoms with Gasteiger partial charge in [0.15, 0.2) is 0 Å². The summed E-state index contributed by atoms with van der Waals surface area (Å²) < 4.78 is 5.21. The maximum atomic E-state index is 12.7. The van der Waals surface area contributed by atoms with Gasteiger partial charge in [-0.05, 0) is 23.3 Å². The topological polar surface area (TPSA) is 61.9 Å². The molecule has 0 radical (unpaired) electrons. The zero-order valence-electron chi connectivity index (χ0n) is 14.8. The first-order valence-corrected chi connectivity index (χ1v) is 8.62. The quantitative estimate of drug-likeness (QED) is 0.851. The largest absolute Gasteiger partial charge is 0.497 e. The molecule has 26 heavy (non-hydrogen) atoms. The van der Waals surface area contributed by atoms with E-state index < -0.39 is 12.0 Å². The molecule has 2 aliphatic heterocycles. The number of fused-ring (bicyclic) bond motifs is 1. The van der Waals surface area contributed by atoms with Crippen LogP contribution in [0.3, 0.4) is 0 Å². The molecule has 2 heterocycles. The highest BCUT2D eigenvalue weighted by molar-refractivity contribution is 6.07. The fraction of sp³-hybridized carbons (Fsp3) is 0.300. The monoisotopic (exact) mass is 351 g/mol. The Kier molecular flexibility index (Phi) is 4.22. The average Bonchev–Trinajstić information content (AvgIpc) is 3.15. The third kappa shape index (κ3) is 2.67. The predicted molar refractivity (Wildman–Crippen MR) is 95.9 cm³/mol. The van der Waals surface area contributed by atoms with E-state index in [1.807, 2.05) is 59.6 Å². The minimum absolute atomic E-state index is 0.135. The van der Waals surface area contributed by atoms with Crippen molar-refractivity contribution in [1.82, 2.24) is 15.3 Å². The van der Waals surface area contributed by atoms with Crippen molar-refractivity contribution in [3.63, 3.8) is 0 Å². The van der Waals surface area contributed by atoms with Gasteiger partial charge in [0.1, 0.15) is 11.8 Å². The molecule has 2 saturated heterocycles. The van der Waals surface area contributed by atoms with Gasteiger partial charge >= 0.3 is 0 Å². The number of imide groups is 1. The zero-order valence-corrected chi connectivity index (χ0v) is 14.8. The van der Waals surface area contributed by atoms with Gasteiger partial charge in [0, 0.05) is 13.6 Å². The summed E-state index contributed by atoms with van der Waals surface area (Å²) in [6.45, 7) is 0.557. The molecule has 4 rings (SSSR count). The van der Waals surface area contributed by atoms with Crippen LogP contribution in [0.2, 0.25) is 0 Å². The van der Waals surface area contributed by atoms with Crippen LogP contribution in [0.1, 0.15) is 17.2 Å². The highest BCUT2D eigenvalue weighted by Crippen LogP contribution is 2.40. The Labute approximate surface area is 152 Å². The first kappa shape index (κ1) is 16.8. The predicted octanol–water partition coefficient (Wildman–Crippen LogP) is 1.74. The molecule has 0 unspecified atom stereocenters. The van der Waals surface area contributed by atoms with Gasteiger partial charge in [-0.15, -0.1) is 0 Å². The lowest BCUT2D eigenvalue weighted by Crippen LogP contribution is -2.43. The van der Waals surface area contributed by atoms with Crippen LogP contribution < -0.4 is 10.2 Å². The Morgan fingerprint density at radius 1 is 1.00 bits per heavy atom. The van der Waals surface area contributed by atoms with Gasteiger partial charge in [-0.3, -0.25) is 14.5 Å². The van der Waals surface area contributed by atoms with Gasteiger partial charge in [0.2, 0.25) is 11.8 Å². The molecule has 2 aromatic carbocycles. The van der Waals surface area contributed by atoms with E-state index in [1.54, 1.807) is 14.2 Å². The van der Waals surface area contributed by atoms with Crippen LogP contribution in [0.5, 0.6) is 5.75 Å². The molecule has 2 fully saturated rings. The highest BCUT2D eigenvalue weighted by atomic mass is 16.5. The van der Waals surface area contributed by atoms with E-state index in [1.165, 1.54) is 4.90 Å². The van der Waals surface area contributed by atoms with Gasteiger partial charge in [-0.1, -0.05) is 42.5 Å².